The van der Waals surface area contributed by atoms with E-state index in [2.05, 4.69) is 12.2 Å². The van der Waals surface area contributed by atoms with Gasteiger partial charge in [0, 0.05) is 5.56 Å². The van der Waals surface area contributed by atoms with Crippen LogP contribution in [0.5, 0.6) is 5.75 Å². The first-order valence-electron chi connectivity index (χ1n) is 9.60. The summed E-state index contributed by atoms with van der Waals surface area (Å²) < 4.78 is 5.76. The smallest absolute Gasteiger partial charge is 0.259 e. The quantitative estimate of drug-likeness (QED) is 0.357. The summed E-state index contributed by atoms with van der Waals surface area (Å²) in [6.07, 6.45) is 2.60. The van der Waals surface area contributed by atoms with Crippen LogP contribution >= 0.6 is 0 Å². The highest BCUT2D eigenvalue weighted by atomic mass is 16.5. The Morgan fingerprint density at radius 1 is 1.03 bits per heavy atom. The fourth-order valence-corrected chi connectivity index (χ4v) is 2.94. The predicted octanol–water partition coefficient (Wildman–Crippen LogP) is 4.39. The lowest BCUT2D eigenvalue weighted by atomic mass is 9.93. The number of benzene rings is 3. The molecule has 0 unspecified atom stereocenters. The Labute approximate surface area is 172 Å². The van der Waals surface area contributed by atoms with Crippen LogP contribution in [0.2, 0.25) is 0 Å². The molecule has 0 aliphatic rings. The van der Waals surface area contributed by atoms with Crippen molar-refractivity contribution in [3.8, 4) is 16.9 Å². The highest BCUT2D eigenvalue weighted by Gasteiger charge is 2.15. The zero-order valence-electron chi connectivity index (χ0n) is 16.4. The van der Waals surface area contributed by atoms with Crippen molar-refractivity contribution in [3.05, 3.63) is 77.9 Å². The Morgan fingerprint density at radius 2 is 1.83 bits per heavy atom. The van der Waals surface area contributed by atoms with E-state index in [9.17, 15) is 9.59 Å². The van der Waals surface area contributed by atoms with E-state index in [1.807, 2.05) is 36.4 Å². The molecular formula is C24H22BNO3. The number of aldehydes is 1. The van der Waals surface area contributed by atoms with E-state index in [0.717, 1.165) is 30.3 Å². The summed E-state index contributed by atoms with van der Waals surface area (Å²) in [5.74, 6) is 0.0918. The SMILES string of the molecule is [B]c1ccc(OCCCC)c(C(=O)Nc2cc(-c3ccccc3)ccc2C=O)c1. The third-order valence-electron chi connectivity index (χ3n) is 4.54. The number of rotatable bonds is 8. The van der Waals surface area contributed by atoms with E-state index in [4.69, 9.17) is 12.6 Å². The normalized spacial score (nSPS) is 10.4. The number of nitrogens with one attached hydrogen (secondary N) is 1. The van der Waals surface area contributed by atoms with Crippen molar-refractivity contribution in [2.45, 2.75) is 19.8 Å². The first-order valence-corrected chi connectivity index (χ1v) is 9.60. The second-order valence-corrected chi connectivity index (χ2v) is 6.70. The summed E-state index contributed by atoms with van der Waals surface area (Å²) >= 11 is 0. The maximum Gasteiger partial charge on any atom is 0.259 e. The lowest BCUT2D eigenvalue weighted by molar-refractivity contribution is 0.102. The van der Waals surface area contributed by atoms with E-state index < -0.39 is 0 Å². The Hall–Kier alpha value is -3.34. The molecule has 0 aliphatic heterocycles. The van der Waals surface area contributed by atoms with E-state index >= 15 is 0 Å². The van der Waals surface area contributed by atoms with Crippen molar-refractivity contribution >= 4 is 31.2 Å². The van der Waals surface area contributed by atoms with Crippen molar-refractivity contribution in [2.24, 2.45) is 0 Å². The summed E-state index contributed by atoms with van der Waals surface area (Å²) in [5.41, 5.74) is 3.53. The van der Waals surface area contributed by atoms with Crippen molar-refractivity contribution in [2.75, 3.05) is 11.9 Å². The molecule has 2 radical (unpaired) electrons. The summed E-state index contributed by atoms with van der Waals surface area (Å²) in [6, 6.07) is 20.1. The van der Waals surface area contributed by atoms with Gasteiger partial charge in [0.1, 0.15) is 13.6 Å². The molecule has 144 valence electrons. The average molecular weight is 383 g/mol. The Balaban J connectivity index is 1.90. The van der Waals surface area contributed by atoms with Crippen molar-refractivity contribution in [3.63, 3.8) is 0 Å². The number of amides is 1. The molecule has 3 aromatic rings. The molecule has 29 heavy (non-hydrogen) atoms. The fourth-order valence-electron chi connectivity index (χ4n) is 2.94. The van der Waals surface area contributed by atoms with Crippen LogP contribution in [0, 0.1) is 0 Å². The number of carbonyl (C=O) groups excluding carboxylic acids is 2. The third-order valence-corrected chi connectivity index (χ3v) is 4.54. The molecule has 0 saturated heterocycles. The van der Waals surface area contributed by atoms with Gasteiger partial charge in [-0.25, -0.2) is 0 Å². The van der Waals surface area contributed by atoms with E-state index in [0.29, 0.717) is 34.6 Å². The number of ether oxygens (including phenoxy) is 1. The molecular weight excluding hydrogens is 361 g/mol. The van der Waals surface area contributed by atoms with Gasteiger partial charge in [0.25, 0.3) is 5.91 Å². The van der Waals surface area contributed by atoms with E-state index in [1.54, 1.807) is 30.3 Å². The molecule has 0 aliphatic carbocycles. The molecule has 0 saturated carbocycles. The number of anilines is 1. The Bertz CT molecular complexity index is 1000. The second-order valence-electron chi connectivity index (χ2n) is 6.70. The maximum absolute atomic E-state index is 13.0. The minimum Gasteiger partial charge on any atom is -0.493 e. The number of unbranched alkanes of at least 4 members (excludes halogenated alkanes) is 1. The lowest BCUT2D eigenvalue weighted by Gasteiger charge is -2.14. The van der Waals surface area contributed by atoms with Crippen molar-refractivity contribution in [1.29, 1.82) is 0 Å². The summed E-state index contributed by atoms with van der Waals surface area (Å²) in [5, 5.41) is 2.84. The monoisotopic (exact) mass is 383 g/mol. The second kappa shape index (κ2) is 9.74. The van der Waals surface area contributed by atoms with Crippen LogP contribution in [0.15, 0.2) is 66.7 Å². The van der Waals surface area contributed by atoms with E-state index in [1.165, 1.54) is 0 Å². The molecule has 3 rings (SSSR count). The van der Waals surface area contributed by atoms with Crippen LogP contribution in [0.4, 0.5) is 5.69 Å². The van der Waals surface area contributed by atoms with Crippen LogP contribution in [-0.2, 0) is 0 Å². The Morgan fingerprint density at radius 3 is 2.55 bits per heavy atom. The van der Waals surface area contributed by atoms with Gasteiger partial charge in [0.2, 0.25) is 0 Å². The number of hydrogen-bond donors (Lipinski definition) is 1. The van der Waals surface area contributed by atoms with Gasteiger partial charge in [-0.15, -0.1) is 0 Å². The van der Waals surface area contributed by atoms with Crippen molar-refractivity contribution in [1.82, 2.24) is 0 Å². The van der Waals surface area contributed by atoms with Gasteiger partial charge >= 0.3 is 0 Å². The molecule has 4 nitrogen and oxygen atoms in total. The van der Waals surface area contributed by atoms with Gasteiger partial charge in [-0.3, -0.25) is 9.59 Å². The maximum atomic E-state index is 13.0. The zero-order valence-corrected chi connectivity index (χ0v) is 16.4. The van der Waals surface area contributed by atoms with E-state index in [-0.39, 0.29) is 5.91 Å². The van der Waals surface area contributed by atoms with Gasteiger partial charge in [-0.05, 0) is 35.7 Å². The standard InChI is InChI=1S/C24H22BNO3/c1-2-3-13-29-23-12-11-20(25)15-21(23)24(28)26-22-14-18(9-10-19(22)16-27)17-7-5-4-6-8-17/h4-12,14-16H,2-3,13H2,1H3,(H,26,28). The predicted molar refractivity (Wildman–Crippen MR) is 117 cm³/mol. The van der Waals surface area contributed by atoms with Gasteiger partial charge in [0.05, 0.1) is 17.9 Å². The highest BCUT2D eigenvalue weighted by Crippen LogP contribution is 2.26. The minimum absolute atomic E-state index is 0.336. The third kappa shape index (κ3) is 5.14. The van der Waals surface area contributed by atoms with Crippen molar-refractivity contribution < 1.29 is 14.3 Å². The van der Waals surface area contributed by atoms with Gasteiger partial charge in [-0.2, -0.15) is 0 Å². The molecule has 5 heteroatoms. The number of hydrogen-bond acceptors (Lipinski definition) is 3. The molecule has 0 heterocycles. The molecule has 0 aromatic heterocycles. The lowest BCUT2D eigenvalue weighted by Crippen LogP contribution is -2.18. The van der Waals surface area contributed by atoms with Gasteiger partial charge in [0.15, 0.2) is 6.29 Å². The van der Waals surface area contributed by atoms with Crippen LogP contribution in [0.25, 0.3) is 11.1 Å². The molecule has 1 N–H and O–H groups in total. The van der Waals surface area contributed by atoms with Crippen LogP contribution in [0.3, 0.4) is 0 Å². The molecule has 3 aromatic carbocycles. The molecule has 0 bridgehead atoms. The molecule has 0 fully saturated rings. The molecule has 0 spiro atoms. The Kier molecular flexibility index (Phi) is 6.85. The fraction of sp³-hybridized carbons (Fsp3) is 0.167. The number of carbonyl (C=O) groups is 2. The molecule has 0 atom stereocenters. The van der Waals surface area contributed by atoms with Gasteiger partial charge < -0.3 is 10.1 Å². The van der Waals surface area contributed by atoms with Crippen LogP contribution in [-0.4, -0.2) is 26.6 Å². The highest BCUT2D eigenvalue weighted by molar-refractivity contribution is 6.33. The topological polar surface area (TPSA) is 55.4 Å². The zero-order chi connectivity index (χ0) is 20.6. The average Bonchev–Trinajstić information content (AvgIpc) is 2.75. The van der Waals surface area contributed by atoms with Crippen LogP contribution < -0.4 is 15.5 Å². The largest absolute Gasteiger partial charge is 0.493 e. The minimum atomic E-state index is -0.378. The summed E-state index contributed by atoms with van der Waals surface area (Å²) in [6.45, 7) is 2.59. The first kappa shape index (κ1) is 20.4. The van der Waals surface area contributed by atoms with Gasteiger partial charge in [-0.1, -0.05) is 67.3 Å². The summed E-state index contributed by atoms with van der Waals surface area (Å²) in [4.78, 5) is 24.5. The molecule has 1 amide bonds. The summed E-state index contributed by atoms with van der Waals surface area (Å²) in [7, 11) is 5.88. The first-order chi connectivity index (χ1) is 14.1. The van der Waals surface area contributed by atoms with Crippen LogP contribution in [0.1, 0.15) is 40.5 Å².